The Morgan fingerprint density at radius 3 is 2.31 bits per heavy atom. The maximum Gasteiger partial charge on any atom is 0.432 e. The summed E-state index contributed by atoms with van der Waals surface area (Å²) in [5, 5.41) is 3.44. The van der Waals surface area contributed by atoms with Gasteiger partial charge in [-0.1, -0.05) is 30.3 Å². The van der Waals surface area contributed by atoms with Crippen LogP contribution in [0.3, 0.4) is 0 Å². The van der Waals surface area contributed by atoms with Gasteiger partial charge in [0, 0.05) is 0 Å². The molecule has 2 rings (SSSR count). The minimum atomic E-state index is -1.14. The second-order valence-electron chi connectivity index (χ2n) is 6.20. The molecular formula is C17H23N3O6. The van der Waals surface area contributed by atoms with E-state index < -0.39 is 42.8 Å². The molecule has 0 aromatic heterocycles. The largest absolute Gasteiger partial charge is 0.446 e. The van der Waals surface area contributed by atoms with Crippen LogP contribution in [0.15, 0.2) is 30.3 Å². The molecule has 1 aromatic rings. The van der Waals surface area contributed by atoms with Gasteiger partial charge in [0.25, 0.3) is 0 Å². The molecule has 0 radical (unpaired) electrons. The monoisotopic (exact) mass is 365 g/mol. The van der Waals surface area contributed by atoms with E-state index in [0.29, 0.717) is 5.56 Å². The second kappa shape index (κ2) is 8.41. The molecule has 1 fully saturated rings. The summed E-state index contributed by atoms with van der Waals surface area (Å²) < 4.78 is 15.4. The quantitative estimate of drug-likeness (QED) is 0.628. The summed E-state index contributed by atoms with van der Waals surface area (Å²) >= 11 is 0. The minimum absolute atomic E-state index is 0.396. The summed E-state index contributed by atoms with van der Waals surface area (Å²) in [6, 6.07) is 8.24. The standard InChI is InChI=1S/C17H23N3O6/c1-10(2)24-16(22)19-20(17(23)25-11(3)4)14-13(18-15(21)26-14)12-8-6-5-7-9-12/h5-11,13-14H,1-4H3,(H,18,21)(H,19,22). The molecule has 26 heavy (non-hydrogen) atoms. The second-order valence-corrected chi connectivity index (χ2v) is 6.20. The van der Waals surface area contributed by atoms with E-state index in [-0.39, 0.29) is 0 Å². The number of hydrazine groups is 1. The van der Waals surface area contributed by atoms with Crippen molar-refractivity contribution in [2.45, 2.75) is 52.2 Å². The number of alkyl carbamates (subject to hydrolysis) is 1. The lowest BCUT2D eigenvalue weighted by Gasteiger charge is -2.30. The van der Waals surface area contributed by atoms with Crippen LogP contribution < -0.4 is 10.7 Å². The van der Waals surface area contributed by atoms with Crippen molar-refractivity contribution in [3.8, 4) is 0 Å². The molecule has 0 saturated carbocycles. The van der Waals surface area contributed by atoms with E-state index in [9.17, 15) is 14.4 Å². The molecule has 1 heterocycles. The molecule has 2 atom stereocenters. The molecule has 1 aromatic carbocycles. The number of carbonyl (C=O) groups excluding carboxylic acids is 3. The van der Waals surface area contributed by atoms with Gasteiger partial charge in [0.1, 0.15) is 6.04 Å². The van der Waals surface area contributed by atoms with Crippen LogP contribution >= 0.6 is 0 Å². The summed E-state index contributed by atoms with van der Waals surface area (Å²) in [7, 11) is 0. The van der Waals surface area contributed by atoms with Gasteiger partial charge in [-0.2, -0.15) is 5.01 Å². The first kappa shape index (κ1) is 19.4. The van der Waals surface area contributed by atoms with Gasteiger partial charge in [-0.25, -0.2) is 19.8 Å². The van der Waals surface area contributed by atoms with Gasteiger partial charge in [0.2, 0.25) is 6.23 Å². The number of carbonyl (C=O) groups is 3. The Hall–Kier alpha value is -2.97. The van der Waals surface area contributed by atoms with Gasteiger partial charge in [-0.3, -0.25) is 0 Å². The SMILES string of the molecule is CC(C)OC(=O)NN(C(=O)OC(C)C)C1OC(=O)NC1c1ccccc1. The van der Waals surface area contributed by atoms with Crippen molar-refractivity contribution in [1.82, 2.24) is 15.8 Å². The first-order valence-corrected chi connectivity index (χ1v) is 8.27. The average molecular weight is 365 g/mol. The van der Waals surface area contributed by atoms with Crippen LogP contribution in [0, 0.1) is 0 Å². The molecule has 1 aliphatic heterocycles. The van der Waals surface area contributed by atoms with Gasteiger partial charge in [-0.15, -0.1) is 0 Å². The van der Waals surface area contributed by atoms with Crippen molar-refractivity contribution in [3.63, 3.8) is 0 Å². The summed E-state index contributed by atoms with van der Waals surface area (Å²) in [5.41, 5.74) is 2.99. The van der Waals surface area contributed by atoms with Crippen LogP contribution in [0.5, 0.6) is 0 Å². The number of hydrogen-bond acceptors (Lipinski definition) is 6. The molecule has 2 unspecified atom stereocenters. The fourth-order valence-electron chi connectivity index (χ4n) is 2.33. The fourth-order valence-corrected chi connectivity index (χ4v) is 2.33. The Balaban J connectivity index is 2.27. The zero-order valence-corrected chi connectivity index (χ0v) is 15.1. The molecule has 1 aliphatic rings. The number of rotatable bonds is 4. The van der Waals surface area contributed by atoms with E-state index in [0.717, 1.165) is 5.01 Å². The minimum Gasteiger partial charge on any atom is -0.446 e. The van der Waals surface area contributed by atoms with Crippen LogP contribution in [0.4, 0.5) is 14.4 Å². The average Bonchev–Trinajstić information content (AvgIpc) is 2.93. The van der Waals surface area contributed by atoms with Crippen molar-refractivity contribution in [3.05, 3.63) is 35.9 Å². The number of benzene rings is 1. The third-order valence-electron chi connectivity index (χ3n) is 3.29. The van der Waals surface area contributed by atoms with E-state index in [4.69, 9.17) is 14.2 Å². The molecule has 3 amide bonds. The summed E-state index contributed by atoms with van der Waals surface area (Å²) in [6.45, 7) is 6.66. The van der Waals surface area contributed by atoms with Gasteiger partial charge >= 0.3 is 18.3 Å². The number of hydrogen-bond donors (Lipinski definition) is 2. The van der Waals surface area contributed by atoms with Gasteiger partial charge in [-0.05, 0) is 33.3 Å². The van der Waals surface area contributed by atoms with Crippen LogP contribution in [0.1, 0.15) is 39.3 Å². The Bertz CT molecular complexity index is 649. The highest BCUT2D eigenvalue weighted by molar-refractivity contribution is 5.76. The molecule has 0 aliphatic carbocycles. The van der Waals surface area contributed by atoms with Gasteiger partial charge in [0.15, 0.2) is 0 Å². The van der Waals surface area contributed by atoms with Crippen LogP contribution in [-0.2, 0) is 14.2 Å². The fraction of sp³-hybridized carbons (Fsp3) is 0.471. The third kappa shape index (κ3) is 5.01. The first-order chi connectivity index (χ1) is 12.3. The topological polar surface area (TPSA) is 106 Å². The van der Waals surface area contributed by atoms with Crippen molar-refractivity contribution in [2.24, 2.45) is 0 Å². The summed E-state index contributed by atoms with van der Waals surface area (Å²) in [4.78, 5) is 36.2. The lowest BCUT2D eigenvalue weighted by molar-refractivity contribution is -0.0349. The van der Waals surface area contributed by atoms with E-state index >= 15 is 0 Å². The molecule has 0 spiro atoms. The summed E-state index contributed by atoms with van der Waals surface area (Å²) in [5.74, 6) is 0. The smallest absolute Gasteiger partial charge is 0.432 e. The van der Waals surface area contributed by atoms with E-state index in [1.54, 1.807) is 52.0 Å². The molecule has 2 N–H and O–H groups in total. The Kier molecular flexibility index (Phi) is 6.26. The molecule has 142 valence electrons. The lowest BCUT2D eigenvalue weighted by Crippen LogP contribution is -2.55. The zero-order valence-electron chi connectivity index (χ0n) is 15.1. The van der Waals surface area contributed by atoms with Gasteiger partial charge in [0.05, 0.1) is 12.2 Å². The normalized spacial score (nSPS) is 18.9. The third-order valence-corrected chi connectivity index (χ3v) is 3.29. The van der Waals surface area contributed by atoms with Crippen LogP contribution in [0.2, 0.25) is 0 Å². The van der Waals surface area contributed by atoms with Crippen molar-refractivity contribution >= 4 is 18.3 Å². The number of cyclic esters (lactones) is 1. The van der Waals surface area contributed by atoms with Crippen molar-refractivity contribution in [2.75, 3.05) is 0 Å². The zero-order chi connectivity index (χ0) is 19.3. The molecule has 1 saturated heterocycles. The van der Waals surface area contributed by atoms with Crippen molar-refractivity contribution < 1.29 is 28.6 Å². The Labute approximate surface area is 151 Å². The maximum atomic E-state index is 12.5. The predicted molar refractivity (Wildman–Crippen MR) is 90.8 cm³/mol. The highest BCUT2D eigenvalue weighted by Gasteiger charge is 2.43. The predicted octanol–water partition coefficient (Wildman–Crippen LogP) is 2.69. The maximum absolute atomic E-state index is 12.5. The van der Waals surface area contributed by atoms with E-state index in [1.165, 1.54) is 0 Å². The van der Waals surface area contributed by atoms with Crippen LogP contribution in [0.25, 0.3) is 0 Å². The van der Waals surface area contributed by atoms with E-state index in [2.05, 4.69) is 10.7 Å². The van der Waals surface area contributed by atoms with E-state index in [1.807, 2.05) is 6.07 Å². The van der Waals surface area contributed by atoms with Crippen LogP contribution in [-0.4, -0.2) is 41.7 Å². The lowest BCUT2D eigenvalue weighted by atomic mass is 10.1. The number of nitrogens with one attached hydrogen (secondary N) is 2. The Morgan fingerprint density at radius 1 is 1.12 bits per heavy atom. The number of nitrogens with zero attached hydrogens (tertiary/aromatic N) is 1. The number of ether oxygens (including phenoxy) is 3. The molecular weight excluding hydrogens is 342 g/mol. The highest BCUT2D eigenvalue weighted by atomic mass is 16.6. The highest BCUT2D eigenvalue weighted by Crippen LogP contribution is 2.27. The van der Waals surface area contributed by atoms with Gasteiger partial charge < -0.3 is 19.5 Å². The van der Waals surface area contributed by atoms with Crippen molar-refractivity contribution in [1.29, 1.82) is 0 Å². The number of amides is 3. The molecule has 0 bridgehead atoms. The molecule has 9 nitrogen and oxygen atoms in total. The summed E-state index contributed by atoms with van der Waals surface area (Å²) in [6.07, 6.45) is -4.43. The molecule has 9 heteroatoms. The Morgan fingerprint density at radius 2 is 1.73 bits per heavy atom. The first-order valence-electron chi connectivity index (χ1n) is 8.27.